The van der Waals surface area contributed by atoms with Crippen molar-refractivity contribution in [3.8, 4) is 0 Å². The van der Waals surface area contributed by atoms with Gasteiger partial charge in [0.25, 0.3) is 0 Å². The number of carbonyl (C=O) groups excluding carboxylic acids is 1. The van der Waals surface area contributed by atoms with Crippen molar-refractivity contribution in [2.24, 2.45) is 0 Å². The van der Waals surface area contributed by atoms with Crippen molar-refractivity contribution in [3.05, 3.63) is 36.9 Å². The van der Waals surface area contributed by atoms with Gasteiger partial charge in [0.15, 0.2) is 5.13 Å². The number of para-hydroxylation sites is 1. The number of urea groups is 1. The number of carbonyl (C=O) groups is 1. The molecule has 0 fully saturated rings. The number of fused-ring (bicyclic) bond motifs is 1. The maximum absolute atomic E-state index is 11.3. The van der Waals surface area contributed by atoms with E-state index in [0.717, 1.165) is 10.2 Å². The van der Waals surface area contributed by atoms with Gasteiger partial charge in [-0.05, 0) is 12.1 Å². The molecule has 0 radical (unpaired) electrons. The minimum Gasteiger partial charge on any atom is -0.334 e. The molecular weight excluding hydrogens is 222 g/mol. The third-order valence-electron chi connectivity index (χ3n) is 1.92. The number of anilines is 1. The van der Waals surface area contributed by atoms with Gasteiger partial charge < -0.3 is 5.32 Å². The van der Waals surface area contributed by atoms with Crippen LogP contribution in [0.4, 0.5) is 9.93 Å². The Kier molecular flexibility index (Phi) is 3.16. The summed E-state index contributed by atoms with van der Waals surface area (Å²) in [5.74, 6) is 0. The smallest absolute Gasteiger partial charge is 0.321 e. The van der Waals surface area contributed by atoms with Crippen LogP contribution in [-0.2, 0) is 0 Å². The lowest BCUT2D eigenvalue weighted by molar-refractivity contribution is 0.253. The van der Waals surface area contributed by atoms with Gasteiger partial charge in [0.2, 0.25) is 0 Å². The highest BCUT2D eigenvalue weighted by Gasteiger charge is 2.05. The summed E-state index contributed by atoms with van der Waals surface area (Å²) >= 11 is 1.45. The number of benzene rings is 1. The molecule has 0 bridgehead atoms. The van der Waals surface area contributed by atoms with Crippen molar-refractivity contribution < 1.29 is 4.79 Å². The standard InChI is InChI=1S/C11H11N3OS/c1-2-7-12-10(15)14-11-13-8-5-3-4-6-9(8)16-11/h2-6H,1,7H2,(H2,12,13,14,15). The number of thiazole rings is 1. The van der Waals surface area contributed by atoms with Crippen LogP contribution in [0.15, 0.2) is 36.9 Å². The van der Waals surface area contributed by atoms with E-state index in [0.29, 0.717) is 11.7 Å². The number of nitrogens with one attached hydrogen (secondary N) is 2. The molecule has 0 spiro atoms. The van der Waals surface area contributed by atoms with Crippen LogP contribution in [0, 0.1) is 0 Å². The maximum atomic E-state index is 11.3. The molecule has 2 N–H and O–H groups in total. The molecular formula is C11H11N3OS. The van der Waals surface area contributed by atoms with Crippen molar-refractivity contribution >= 4 is 32.7 Å². The average molecular weight is 233 g/mol. The number of amides is 2. The summed E-state index contributed by atoms with van der Waals surface area (Å²) in [4.78, 5) is 15.6. The van der Waals surface area contributed by atoms with E-state index in [1.54, 1.807) is 6.08 Å². The first-order valence-electron chi connectivity index (χ1n) is 4.81. The Balaban J connectivity index is 2.09. The van der Waals surface area contributed by atoms with Crippen molar-refractivity contribution in [1.82, 2.24) is 10.3 Å². The van der Waals surface area contributed by atoms with Crippen LogP contribution in [0.25, 0.3) is 10.2 Å². The monoisotopic (exact) mass is 233 g/mol. The van der Waals surface area contributed by atoms with Crippen LogP contribution < -0.4 is 10.6 Å². The SMILES string of the molecule is C=CCNC(=O)Nc1nc2ccccc2s1. The maximum Gasteiger partial charge on any atom is 0.321 e. The molecule has 0 saturated carbocycles. The molecule has 0 unspecified atom stereocenters. The minimum atomic E-state index is -0.265. The van der Waals surface area contributed by atoms with Crippen LogP contribution in [-0.4, -0.2) is 17.6 Å². The van der Waals surface area contributed by atoms with E-state index in [9.17, 15) is 4.79 Å². The zero-order valence-electron chi connectivity index (χ0n) is 8.56. The second kappa shape index (κ2) is 4.76. The Hall–Kier alpha value is -1.88. The van der Waals surface area contributed by atoms with Crippen LogP contribution >= 0.6 is 11.3 Å². The van der Waals surface area contributed by atoms with Gasteiger partial charge in [0.05, 0.1) is 10.2 Å². The largest absolute Gasteiger partial charge is 0.334 e. The van der Waals surface area contributed by atoms with E-state index in [1.807, 2.05) is 24.3 Å². The summed E-state index contributed by atoms with van der Waals surface area (Å²) in [7, 11) is 0. The molecule has 0 saturated heterocycles. The summed E-state index contributed by atoms with van der Waals surface area (Å²) in [5, 5.41) is 5.90. The quantitative estimate of drug-likeness (QED) is 0.801. The molecule has 0 aliphatic rings. The van der Waals surface area contributed by atoms with Crippen LogP contribution in [0.5, 0.6) is 0 Å². The first-order chi connectivity index (χ1) is 7.79. The fourth-order valence-electron chi connectivity index (χ4n) is 1.23. The molecule has 1 aromatic carbocycles. The minimum absolute atomic E-state index is 0.265. The fourth-order valence-corrected chi connectivity index (χ4v) is 2.09. The Morgan fingerprint density at radius 3 is 3.06 bits per heavy atom. The Morgan fingerprint density at radius 1 is 1.50 bits per heavy atom. The highest BCUT2D eigenvalue weighted by molar-refractivity contribution is 7.22. The van der Waals surface area contributed by atoms with E-state index < -0.39 is 0 Å². The molecule has 82 valence electrons. The van der Waals surface area contributed by atoms with Gasteiger partial charge in [-0.25, -0.2) is 9.78 Å². The lowest BCUT2D eigenvalue weighted by Crippen LogP contribution is -2.28. The van der Waals surface area contributed by atoms with Gasteiger partial charge in [-0.15, -0.1) is 6.58 Å². The second-order valence-electron chi connectivity index (χ2n) is 3.11. The number of aromatic nitrogens is 1. The van der Waals surface area contributed by atoms with Crippen molar-refractivity contribution in [3.63, 3.8) is 0 Å². The van der Waals surface area contributed by atoms with E-state index in [4.69, 9.17) is 0 Å². The third kappa shape index (κ3) is 2.38. The first kappa shape index (κ1) is 10.6. The van der Waals surface area contributed by atoms with E-state index >= 15 is 0 Å². The average Bonchev–Trinajstić information content (AvgIpc) is 2.68. The summed E-state index contributed by atoms with van der Waals surface area (Å²) < 4.78 is 1.06. The molecule has 4 nitrogen and oxygen atoms in total. The summed E-state index contributed by atoms with van der Waals surface area (Å²) in [5.41, 5.74) is 0.895. The molecule has 2 aromatic rings. The van der Waals surface area contributed by atoms with Crippen LogP contribution in [0.1, 0.15) is 0 Å². The third-order valence-corrected chi connectivity index (χ3v) is 2.87. The van der Waals surface area contributed by atoms with E-state index in [1.165, 1.54) is 11.3 Å². The predicted molar refractivity (Wildman–Crippen MR) is 66.8 cm³/mol. The van der Waals surface area contributed by atoms with Crippen LogP contribution in [0.3, 0.4) is 0 Å². The fraction of sp³-hybridized carbons (Fsp3) is 0.0909. The van der Waals surface area contributed by atoms with E-state index in [2.05, 4.69) is 22.2 Å². The summed E-state index contributed by atoms with van der Waals surface area (Å²) in [6.45, 7) is 3.96. The highest BCUT2D eigenvalue weighted by Crippen LogP contribution is 2.24. The lowest BCUT2D eigenvalue weighted by atomic mass is 10.3. The number of hydrogen-bond acceptors (Lipinski definition) is 3. The first-order valence-corrected chi connectivity index (χ1v) is 5.62. The summed E-state index contributed by atoms with van der Waals surface area (Å²) in [6, 6.07) is 7.49. The number of rotatable bonds is 3. The Bertz CT molecular complexity index is 488. The second-order valence-corrected chi connectivity index (χ2v) is 4.14. The summed E-state index contributed by atoms with van der Waals surface area (Å²) in [6.07, 6.45) is 1.62. The predicted octanol–water partition coefficient (Wildman–Crippen LogP) is 2.60. The zero-order valence-corrected chi connectivity index (χ0v) is 9.38. The van der Waals surface area contributed by atoms with Gasteiger partial charge in [-0.1, -0.05) is 29.5 Å². The molecule has 2 rings (SSSR count). The normalized spacial score (nSPS) is 10.0. The molecule has 0 aliphatic heterocycles. The molecule has 1 heterocycles. The van der Waals surface area contributed by atoms with Gasteiger partial charge >= 0.3 is 6.03 Å². The van der Waals surface area contributed by atoms with Gasteiger partial charge in [0, 0.05) is 6.54 Å². The molecule has 16 heavy (non-hydrogen) atoms. The number of nitrogens with zero attached hydrogens (tertiary/aromatic N) is 1. The molecule has 0 aliphatic carbocycles. The topological polar surface area (TPSA) is 54.0 Å². The zero-order chi connectivity index (χ0) is 11.4. The van der Waals surface area contributed by atoms with Crippen molar-refractivity contribution in [2.45, 2.75) is 0 Å². The number of hydrogen-bond donors (Lipinski definition) is 2. The molecule has 1 aromatic heterocycles. The van der Waals surface area contributed by atoms with Crippen LogP contribution in [0.2, 0.25) is 0 Å². The van der Waals surface area contributed by atoms with Crippen molar-refractivity contribution in [2.75, 3.05) is 11.9 Å². The molecule has 0 atom stereocenters. The lowest BCUT2D eigenvalue weighted by Gasteiger charge is -2.00. The van der Waals surface area contributed by atoms with Gasteiger partial charge in [-0.2, -0.15) is 0 Å². The van der Waals surface area contributed by atoms with Gasteiger partial charge in [0.1, 0.15) is 0 Å². The van der Waals surface area contributed by atoms with Crippen molar-refractivity contribution in [1.29, 1.82) is 0 Å². The van der Waals surface area contributed by atoms with E-state index in [-0.39, 0.29) is 6.03 Å². The molecule has 2 amide bonds. The molecule has 5 heteroatoms. The Morgan fingerprint density at radius 2 is 2.31 bits per heavy atom. The van der Waals surface area contributed by atoms with Gasteiger partial charge in [-0.3, -0.25) is 5.32 Å². The Labute approximate surface area is 97.0 Å². The highest BCUT2D eigenvalue weighted by atomic mass is 32.1.